The predicted octanol–water partition coefficient (Wildman–Crippen LogP) is 7.73. The first-order chi connectivity index (χ1) is 25.7. The first-order valence-corrected chi connectivity index (χ1v) is 19.2. The Morgan fingerprint density at radius 3 is 2.30 bits per heavy atom. The van der Waals surface area contributed by atoms with Gasteiger partial charge in [0, 0.05) is 36.7 Å². The molecule has 1 saturated heterocycles. The number of amides is 1. The van der Waals surface area contributed by atoms with E-state index in [2.05, 4.69) is 33.1 Å². The number of aliphatic hydroxyl groups is 1. The molecule has 1 aliphatic heterocycles. The summed E-state index contributed by atoms with van der Waals surface area (Å²) in [6, 6.07) is 3.55. The number of rotatable bonds is 20. The third-order valence-corrected chi connectivity index (χ3v) is 10.6. The molecule has 2 unspecified atom stereocenters. The number of esters is 1. The van der Waals surface area contributed by atoms with E-state index < -0.39 is 53.7 Å². The van der Waals surface area contributed by atoms with Gasteiger partial charge in [-0.1, -0.05) is 97.0 Å². The molecule has 294 valence electrons. The summed E-state index contributed by atoms with van der Waals surface area (Å²) in [5.41, 5.74) is -0.858. The number of anilines is 1. The van der Waals surface area contributed by atoms with Gasteiger partial charge in [0.05, 0.1) is 18.9 Å². The second-order valence-electron chi connectivity index (χ2n) is 15.2. The molecule has 2 aromatic heterocycles. The number of aromatic nitrogens is 4. The number of aryl methyl sites for hydroxylation is 2. The number of aliphatic carboxylic acids is 1. The molecule has 3 heterocycles. The molecule has 0 aliphatic carbocycles. The fraction of sp³-hybridized carbons (Fsp3) is 0.610. The van der Waals surface area contributed by atoms with Crippen LogP contribution in [0.2, 0.25) is 0 Å². The molecule has 54 heavy (non-hydrogen) atoms. The third kappa shape index (κ3) is 9.82. The van der Waals surface area contributed by atoms with Crippen molar-refractivity contribution in [2.75, 3.05) is 11.9 Å². The first-order valence-electron chi connectivity index (χ1n) is 19.2. The maximum absolute atomic E-state index is 14.9. The van der Waals surface area contributed by atoms with Crippen LogP contribution in [0.1, 0.15) is 134 Å². The summed E-state index contributed by atoms with van der Waals surface area (Å²) in [7, 11) is 0. The van der Waals surface area contributed by atoms with Crippen LogP contribution < -0.4 is 10.1 Å². The summed E-state index contributed by atoms with van der Waals surface area (Å²) >= 11 is 0. The van der Waals surface area contributed by atoms with E-state index in [1.807, 2.05) is 19.9 Å². The van der Waals surface area contributed by atoms with Gasteiger partial charge in [0.1, 0.15) is 12.0 Å². The lowest BCUT2D eigenvalue weighted by Crippen LogP contribution is -2.50. The van der Waals surface area contributed by atoms with E-state index >= 15 is 0 Å². The van der Waals surface area contributed by atoms with E-state index in [0.717, 1.165) is 24.8 Å². The van der Waals surface area contributed by atoms with E-state index in [1.54, 1.807) is 19.9 Å². The summed E-state index contributed by atoms with van der Waals surface area (Å²) in [5.74, 6) is -1.70. The molecule has 0 radical (unpaired) electrons. The Bertz CT molecular complexity index is 1840. The highest BCUT2D eigenvalue weighted by Gasteiger charge is 2.58. The predicted molar refractivity (Wildman–Crippen MR) is 203 cm³/mol. The molecule has 0 spiro atoms. The molecule has 1 amide bonds. The van der Waals surface area contributed by atoms with Crippen LogP contribution in [0.3, 0.4) is 0 Å². The molecular formula is C41H56FN5O7. The van der Waals surface area contributed by atoms with E-state index in [1.165, 1.54) is 62.8 Å². The number of fused-ring (bicyclic) bond motifs is 1. The zero-order valence-electron chi connectivity index (χ0n) is 32.5. The normalized spacial score (nSPS) is 19.1. The molecule has 1 fully saturated rings. The van der Waals surface area contributed by atoms with Crippen LogP contribution >= 0.6 is 0 Å². The minimum Gasteiger partial charge on any atom is -0.481 e. The molecule has 3 N–H and O–H groups in total. The van der Waals surface area contributed by atoms with Crippen LogP contribution in [0.5, 0.6) is 5.75 Å². The number of terminal acetylenes is 1. The third-order valence-electron chi connectivity index (χ3n) is 10.6. The highest BCUT2D eigenvalue weighted by atomic mass is 19.1. The molecular weight excluding hydrogens is 693 g/mol. The lowest BCUT2D eigenvalue weighted by molar-refractivity contribution is -0.150. The summed E-state index contributed by atoms with van der Waals surface area (Å²) < 4.78 is 28.2. The molecule has 0 saturated carbocycles. The van der Waals surface area contributed by atoms with Crippen LogP contribution in [-0.4, -0.2) is 59.8 Å². The zero-order valence-corrected chi connectivity index (χ0v) is 32.5. The first kappa shape index (κ1) is 42.3. The van der Waals surface area contributed by atoms with Gasteiger partial charge in [0.25, 0.3) is 0 Å². The second kappa shape index (κ2) is 18.8. The fourth-order valence-corrected chi connectivity index (χ4v) is 8.16. The van der Waals surface area contributed by atoms with Crippen molar-refractivity contribution in [3.05, 3.63) is 41.2 Å². The van der Waals surface area contributed by atoms with E-state index in [-0.39, 0.29) is 41.5 Å². The molecule has 4 atom stereocenters. The topological polar surface area (TPSA) is 166 Å². The van der Waals surface area contributed by atoms with Crippen LogP contribution in [0.4, 0.5) is 10.2 Å². The summed E-state index contributed by atoms with van der Waals surface area (Å²) in [5, 5.41) is 24.2. The molecule has 4 rings (SSSR count). The van der Waals surface area contributed by atoms with Crippen molar-refractivity contribution >= 4 is 34.8 Å². The van der Waals surface area contributed by atoms with Crippen molar-refractivity contribution in [3.63, 3.8) is 0 Å². The lowest BCUT2D eigenvalue weighted by Gasteiger charge is -2.41. The monoisotopic (exact) mass is 749 g/mol. The standard InChI is InChI=1S/C41H56FN5O7/c1-8-10-11-12-13-14-15-16-17-18-19-20-31(50)44-36-35-37(46-39(42)45-36)47(25-43-35)32-23-29(41(9-2,24-48)54-32)34(38(51)52)40(6,7)33-27(4)21-26(3)22-30(33)53-28(5)49/h2,21-22,25,29,32,34,48H,8,10-20,23-24H2,1,3-7H3,(H,51,52)(H,44,45,46,50)/t29-,32+,34?,41?/m0/s1. The van der Waals surface area contributed by atoms with E-state index in [9.17, 15) is 29.0 Å². The smallest absolute Gasteiger partial charge is 0.312 e. The SMILES string of the molecule is C#CC1(CO)O[C@@H](n2cnc3c(NC(=O)CCCCCCCCCCCCC)nc(F)nc32)C[C@H]1C(C(=O)O)C(C)(C)c1c(C)cc(C)cc1OC(C)=O. The van der Waals surface area contributed by atoms with Gasteiger partial charge in [-0.05, 0) is 37.5 Å². The second-order valence-corrected chi connectivity index (χ2v) is 15.2. The number of nitrogens with zero attached hydrogens (tertiary/aromatic N) is 4. The number of carboxylic acid groups (broad SMARTS) is 1. The molecule has 12 nitrogen and oxygen atoms in total. The van der Waals surface area contributed by atoms with Crippen LogP contribution in [-0.2, 0) is 24.5 Å². The molecule has 0 bridgehead atoms. The van der Waals surface area contributed by atoms with Gasteiger partial charge in [-0.3, -0.25) is 19.0 Å². The summed E-state index contributed by atoms with van der Waals surface area (Å²) in [4.78, 5) is 50.4. The molecule has 1 aromatic carbocycles. The average Bonchev–Trinajstić information content (AvgIpc) is 3.68. The maximum Gasteiger partial charge on any atom is 0.312 e. The highest BCUT2D eigenvalue weighted by molar-refractivity contribution is 5.96. The molecule has 3 aromatic rings. The number of carboxylic acids is 1. The van der Waals surface area contributed by atoms with Crippen molar-refractivity contribution in [2.45, 2.75) is 142 Å². The maximum atomic E-state index is 14.9. The average molecular weight is 750 g/mol. The number of ether oxygens (including phenoxy) is 2. The summed E-state index contributed by atoms with van der Waals surface area (Å²) in [6.45, 7) is 9.87. The van der Waals surface area contributed by atoms with Crippen LogP contribution in [0, 0.1) is 44.1 Å². The minimum atomic E-state index is -1.78. The quantitative estimate of drug-likeness (QED) is 0.0342. The number of unbranched alkanes of at least 4 members (excludes halogenated alkanes) is 10. The minimum absolute atomic E-state index is 0.000311. The Hall–Kier alpha value is -4.41. The van der Waals surface area contributed by atoms with Crippen molar-refractivity contribution in [1.82, 2.24) is 19.5 Å². The van der Waals surface area contributed by atoms with Crippen LogP contribution in [0.15, 0.2) is 18.5 Å². The van der Waals surface area contributed by atoms with E-state index in [0.29, 0.717) is 17.5 Å². The van der Waals surface area contributed by atoms with Crippen molar-refractivity contribution < 1.29 is 38.5 Å². The Kier molecular flexibility index (Phi) is 14.7. The number of hydrogen-bond donors (Lipinski definition) is 3. The number of carbonyl (C=O) groups is 3. The zero-order chi connectivity index (χ0) is 39.6. The van der Waals surface area contributed by atoms with Crippen molar-refractivity contribution in [2.24, 2.45) is 11.8 Å². The number of aliphatic hydroxyl groups excluding tert-OH is 1. The number of nitrogens with one attached hydrogen (secondary N) is 1. The number of hydrogen-bond acceptors (Lipinski definition) is 9. The Balaban J connectivity index is 1.53. The molecule has 1 aliphatic rings. The van der Waals surface area contributed by atoms with Gasteiger partial charge in [-0.25, -0.2) is 4.98 Å². The number of benzene rings is 1. The van der Waals surface area contributed by atoms with Gasteiger partial charge in [-0.15, -0.1) is 6.42 Å². The Morgan fingerprint density at radius 1 is 1.09 bits per heavy atom. The fourth-order valence-electron chi connectivity index (χ4n) is 8.16. The summed E-state index contributed by atoms with van der Waals surface area (Å²) in [6.07, 6.45) is 18.1. The number of carbonyl (C=O) groups excluding carboxylic acids is 2. The van der Waals surface area contributed by atoms with Gasteiger partial charge in [0.15, 0.2) is 22.6 Å². The lowest BCUT2D eigenvalue weighted by atomic mass is 9.62. The Labute approximate surface area is 317 Å². The Morgan fingerprint density at radius 2 is 1.72 bits per heavy atom. The number of imidazole rings is 1. The largest absolute Gasteiger partial charge is 0.481 e. The van der Waals surface area contributed by atoms with Crippen molar-refractivity contribution in [1.29, 1.82) is 0 Å². The van der Waals surface area contributed by atoms with Gasteiger partial charge < -0.3 is 25.0 Å². The van der Waals surface area contributed by atoms with Crippen molar-refractivity contribution in [3.8, 4) is 18.1 Å². The van der Waals surface area contributed by atoms with Crippen LogP contribution in [0.25, 0.3) is 11.2 Å². The van der Waals surface area contributed by atoms with Gasteiger partial charge in [0.2, 0.25) is 5.91 Å². The van der Waals surface area contributed by atoms with Gasteiger partial charge >= 0.3 is 18.0 Å². The van der Waals surface area contributed by atoms with Gasteiger partial charge in [-0.2, -0.15) is 14.4 Å². The van der Waals surface area contributed by atoms with E-state index in [4.69, 9.17) is 15.9 Å². The molecule has 13 heteroatoms. The number of halogens is 1. The highest BCUT2D eigenvalue weighted by Crippen LogP contribution is 2.53.